The predicted octanol–water partition coefficient (Wildman–Crippen LogP) is 5.38. The summed E-state index contributed by atoms with van der Waals surface area (Å²) in [7, 11) is 0. The number of aliphatic carboxylic acids is 1. The summed E-state index contributed by atoms with van der Waals surface area (Å²) < 4.78 is 16.9. The van der Waals surface area contributed by atoms with Crippen LogP contribution in [0.2, 0.25) is 0 Å². The van der Waals surface area contributed by atoms with Crippen LogP contribution in [0.15, 0.2) is 18.2 Å². The van der Waals surface area contributed by atoms with Crippen molar-refractivity contribution in [2.24, 2.45) is 29.6 Å². The third-order valence-corrected chi connectivity index (χ3v) is 7.35. The molecule has 1 aromatic carbocycles. The van der Waals surface area contributed by atoms with E-state index in [1.54, 1.807) is 33.8 Å². The van der Waals surface area contributed by atoms with Gasteiger partial charge in [-0.2, -0.15) is 0 Å². The Kier molecular flexibility index (Phi) is 13.1. The fraction of sp³-hybridized carbons (Fsp3) is 0.667. The first kappa shape index (κ1) is 34.1. The number of carboxylic acid groups (broad SMARTS) is 1. The molecule has 2 N–H and O–H groups in total. The van der Waals surface area contributed by atoms with E-state index in [2.05, 4.69) is 5.32 Å². The number of carbonyl (C=O) groups excluding carboxylic acids is 3. The monoisotopic (exact) mass is 549 g/mol. The van der Waals surface area contributed by atoms with Crippen LogP contribution in [-0.2, 0) is 30.3 Å². The first-order valence-corrected chi connectivity index (χ1v) is 13.9. The molecular weight excluding hydrogens is 502 g/mol. The van der Waals surface area contributed by atoms with E-state index in [0.717, 1.165) is 0 Å². The number of carbonyl (C=O) groups is 4. The maximum Gasteiger partial charge on any atom is 0.364 e. The average Bonchev–Trinajstić information content (AvgIpc) is 2.87. The molecule has 0 amide bonds. The topological polar surface area (TPSA) is 128 Å². The highest BCUT2D eigenvalue weighted by Crippen LogP contribution is 2.33. The fourth-order valence-corrected chi connectivity index (χ4v) is 3.30. The van der Waals surface area contributed by atoms with Crippen molar-refractivity contribution in [2.75, 3.05) is 0 Å². The third-order valence-electron chi connectivity index (χ3n) is 7.35. The number of carboxylic acids is 1. The quantitative estimate of drug-likeness (QED) is 0.168. The number of hydrogen-bond donors (Lipinski definition) is 2. The number of rotatable bonds is 15. The summed E-state index contributed by atoms with van der Waals surface area (Å²) in [6.45, 7) is 18.2. The van der Waals surface area contributed by atoms with Gasteiger partial charge in [-0.25, -0.2) is 4.79 Å². The summed E-state index contributed by atoms with van der Waals surface area (Å²) >= 11 is 0. The molecule has 220 valence electrons. The van der Waals surface area contributed by atoms with Gasteiger partial charge in [0.1, 0.15) is 0 Å². The minimum Gasteiger partial charge on any atom is -0.477 e. The van der Waals surface area contributed by atoms with Gasteiger partial charge in [-0.05, 0) is 49.3 Å². The minimum absolute atomic E-state index is 0.00649. The zero-order valence-corrected chi connectivity index (χ0v) is 25.1. The second-order valence-corrected chi connectivity index (χ2v) is 11.2. The first-order valence-electron chi connectivity index (χ1n) is 13.9. The van der Waals surface area contributed by atoms with Crippen LogP contribution >= 0.6 is 0 Å². The molecule has 39 heavy (non-hydrogen) atoms. The molecular formula is C30H47NO8. The number of nitrogens with one attached hydrogen (secondary N) is 1. The van der Waals surface area contributed by atoms with Gasteiger partial charge in [-0.1, -0.05) is 68.4 Å². The lowest BCUT2D eigenvalue weighted by Crippen LogP contribution is -2.60. The van der Waals surface area contributed by atoms with E-state index in [9.17, 15) is 24.3 Å². The van der Waals surface area contributed by atoms with E-state index in [4.69, 9.17) is 14.2 Å². The third kappa shape index (κ3) is 9.64. The van der Waals surface area contributed by atoms with Crippen LogP contribution in [0.4, 0.5) is 0 Å². The summed E-state index contributed by atoms with van der Waals surface area (Å²) in [6, 6.07) is 4.21. The summed E-state index contributed by atoms with van der Waals surface area (Å²) in [6.07, 6.45) is 0.825. The zero-order chi connectivity index (χ0) is 30.1. The highest BCUT2D eigenvalue weighted by Gasteiger charge is 2.44. The highest BCUT2D eigenvalue weighted by molar-refractivity contribution is 5.83. The Labute approximate surface area is 233 Å². The second-order valence-electron chi connectivity index (χ2n) is 11.2. The van der Waals surface area contributed by atoms with Crippen LogP contribution in [0, 0.1) is 29.6 Å². The van der Waals surface area contributed by atoms with Crippen LogP contribution in [-0.4, -0.2) is 40.8 Å². The van der Waals surface area contributed by atoms with Crippen LogP contribution < -0.4 is 14.8 Å². The molecule has 0 fully saturated rings. The standard InChI is InChI=1S/C30H47NO8/c1-11-19(7)26(32)39-30(29(35)36,31-20(8)12-2)16-23-13-14-24(37-27(33)21(9)17(3)4)25(15-23)38-28(34)22(10)18(5)6/h13-15,17-22,31H,11-12,16H2,1-10H3,(H,35,36)/t19?,20?,21?,22?,30-/m0/s1. The molecule has 0 aliphatic heterocycles. The second kappa shape index (κ2) is 15.0. The Morgan fingerprint density at radius 3 is 1.74 bits per heavy atom. The van der Waals surface area contributed by atoms with Crippen LogP contribution in [0.1, 0.15) is 87.6 Å². The smallest absolute Gasteiger partial charge is 0.364 e. The van der Waals surface area contributed by atoms with Crippen molar-refractivity contribution in [1.82, 2.24) is 5.32 Å². The Bertz CT molecular complexity index is 1000. The van der Waals surface area contributed by atoms with Crippen molar-refractivity contribution in [3.63, 3.8) is 0 Å². The van der Waals surface area contributed by atoms with E-state index < -0.39 is 47.4 Å². The number of ether oxygens (including phenoxy) is 3. The number of esters is 3. The van der Waals surface area contributed by atoms with Crippen molar-refractivity contribution in [3.8, 4) is 11.5 Å². The van der Waals surface area contributed by atoms with Gasteiger partial charge in [0.25, 0.3) is 5.72 Å². The Morgan fingerprint density at radius 1 is 0.795 bits per heavy atom. The van der Waals surface area contributed by atoms with Gasteiger partial charge in [0.2, 0.25) is 0 Å². The molecule has 0 aliphatic rings. The summed E-state index contributed by atoms with van der Waals surface area (Å²) in [5.74, 6) is -4.24. The van der Waals surface area contributed by atoms with Crippen LogP contribution in [0.3, 0.4) is 0 Å². The van der Waals surface area contributed by atoms with E-state index in [1.807, 2.05) is 41.5 Å². The molecule has 0 bridgehead atoms. The van der Waals surface area contributed by atoms with E-state index in [0.29, 0.717) is 18.4 Å². The molecule has 0 saturated heterocycles. The van der Waals surface area contributed by atoms with Gasteiger partial charge in [0.15, 0.2) is 11.5 Å². The SMILES string of the molecule is CCC(C)N[C@@](Cc1ccc(OC(=O)C(C)C(C)C)c(OC(=O)C(C)C(C)C)c1)(OC(=O)C(C)CC)C(=O)O. The lowest BCUT2D eigenvalue weighted by Gasteiger charge is -2.34. The molecule has 0 aliphatic carbocycles. The van der Waals surface area contributed by atoms with Crippen molar-refractivity contribution in [2.45, 2.75) is 100 Å². The predicted molar refractivity (Wildman–Crippen MR) is 148 cm³/mol. The maximum absolute atomic E-state index is 12.8. The van der Waals surface area contributed by atoms with Gasteiger partial charge in [-0.15, -0.1) is 0 Å². The van der Waals surface area contributed by atoms with Crippen molar-refractivity contribution >= 4 is 23.9 Å². The fourth-order valence-electron chi connectivity index (χ4n) is 3.30. The van der Waals surface area contributed by atoms with Crippen LogP contribution in [0.5, 0.6) is 11.5 Å². The molecule has 9 nitrogen and oxygen atoms in total. The molecule has 0 heterocycles. The summed E-state index contributed by atoms with van der Waals surface area (Å²) in [4.78, 5) is 50.9. The minimum atomic E-state index is -2.06. The Balaban J connectivity index is 3.57. The normalized spacial score (nSPS) is 16.1. The van der Waals surface area contributed by atoms with Crippen molar-refractivity contribution in [3.05, 3.63) is 23.8 Å². The van der Waals surface area contributed by atoms with E-state index in [1.165, 1.54) is 12.1 Å². The molecule has 0 aromatic heterocycles. The molecule has 9 heteroatoms. The highest BCUT2D eigenvalue weighted by atomic mass is 16.6. The van der Waals surface area contributed by atoms with Crippen molar-refractivity contribution in [1.29, 1.82) is 0 Å². The summed E-state index contributed by atoms with van der Waals surface area (Å²) in [5.41, 5.74) is -1.66. The molecule has 4 unspecified atom stereocenters. The molecule has 1 rings (SSSR count). The molecule has 1 aromatic rings. The average molecular weight is 550 g/mol. The number of benzene rings is 1. The molecule has 5 atom stereocenters. The maximum atomic E-state index is 12.8. The zero-order valence-electron chi connectivity index (χ0n) is 25.1. The largest absolute Gasteiger partial charge is 0.477 e. The first-order chi connectivity index (χ1) is 18.1. The summed E-state index contributed by atoms with van der Waals surface area (Å²) in [5, 5.41) is 13.2. The van der Waals surface area contributed by atoms with Gasteiger partial charge in [-0.3, -0.25) is 19.7 Å². The molecule has 0 spiro atoms. The number of hydrogen-bond acceptors (Lipinski definition) is 8. The van der Waals surface area contributed by atoms with Crippen molar-refractivity contribution < 1.29 is 38.5 Å². The Hall–Kier alpha value is -2.94. The van der Waals surface area contributed by atoms with E-state index >= 15 is 0 Å². The van der Waals surface area contributed by atoms with Gasteiger partial charge in [0, 0.05) is 12.5 Å². The van der Waals surface area contributed by atoms with E-state index in [-0.39, 0.29) is 35.8 Å². The molecule has 0 saturated carbocycles. The molecule has 0 radical (unpaired) electrons. The lowest BCUT2D eigenvalue weighted by atomic mass is 9.98. The van der Waals surface area contributed by atoms with Gasteiger partial charge >= 0.3 is 23.9 Å². The lowest BCUT2D eigenvalue weighted by molar-refractivity contribution is -0.187. The van der Waals surface area contributed by atoms with Gasteiger partial charge in [0.05, 0.1) is 17.8 Å². The van der Waals surface area contributed by atoms with Gasteiger partial charge < -0.3 is 19.3 Å². The Morgan fingerprint density at radius 2 is 1.31 bits per heavy atom. The van der Waals surface area contributed by atoms with Crippen LogP contribution in [0.25, 0.3) is 0 Å².